The Balaban J connectivity index is 2.01. The van der Waals surface area contributed by atoms with E-state index in [9.17, 15) is 10.2 Å². The van der Waals surface area contributed by atoms with Gasteiger partial charge >= 0.3 is 0 Å². The van der Waals surface area contributed by atoms with Crippen molar-refractivity contribution in [3.63, 3.8) is 0 Å². The Morgan fingerprint density at radius 2 is 1.79 bits per heavy atom. The summed E-state index contributed by atoms with van der Waals surface area (Å²) in [4.78, 5) is 2.26. The van der Waals surface area contributed by atoms with Crippen molar-refractivity contribution in [2.75, 3.05) is 36.5 Å². The van der Waals surface area contributed by atoms with Crippen LogP contribution in [-0.4, -0.2) is 48.0 Å². The number of aliphatic hydroxyl groups is 2. The summed E-state index contributed by atoms with van der Waals surface area (Å²) in [7, 11) is 0. The molecule has 2 unspecified atom stereocenters. The van der Waals surface area contributed by atoms with Gasteiger partial charge in [-0.3, -0.25) is 0 Å². The molecule has 1 aliphatic heterocycles. The lowest BCUT2D eigenvalue weighted by Gasteiger charge is -2.29. The molecule has 2 atom stereocenters. The molecule has 0 saturated carbocycles. The smallest absolute Gasteiger partial charge is 0.105 e. The van der Waals surface area contributed by atoms with Crippen LogP contribution in [0.3, 0.4) is 0 Å². The number of anilines is 1. The van der Waals surface area contributed by atoms with Crippen molar-refractivity contribution in [3.8, 4) is 0 Å². The zero-order valence-corrected chi connectivity index (χ0v) is 12.4. The quantitative estimate of drug-likeness (QED) is 0.807. The molecular formula is C14H20BrNO3. The number of benzene rings is 1. The molecule has 4 nitrogen and oxygen atoms in total. The molecule has 5 heteroatoms. The molecule has 0 radical (unpaired) electrons. The van der Waals surface area contributed by atoms with Crippen LogP contribution < -0.4 is 4.90 Å². The van der Waals surface area contributed by atoms with E-state index >= 15 is 0 Å². The Morgan fingerprint density at radius 3 is 2.37 bits per heavy atom. The maximum absolute atomic E-state index is 10.0. The highest BCUT2D eigenvalue weighted by atomic mass is 79.9. The molecule has 0 amide bonds. The highest BCUT2D eigenvalue weighted by molar-refractivity contribution is 9.09. The Bertz CT molecular complexity index is 379. The van der Waals surface area contributed by atoms with E-state index < -0.39 is 12.2 Å². The molecule has 2 rings (SSSR count). The molecule has 1 fully saturated rings. The van der Waals surface area contributed by atoms with Gasteiger partial charge in [0.25, 0.3) is 0 Å². The third-order valence-corrected chi connectivity index (χ3v) is 3.84. The fourth-order valence-electron chi connectivity index (χ4n) is 2.20. The van der Waals surface area contributed by atoms with Crippen LogP contribution in [0, 0.1) is 0 Å². The lowest BCUT2D eigenvalue weighted by Crippen LogP contribution is -2.36. The molecule has 0 bridgehead atoms. The lowest BCUT2D eigenvalue weighted by atomic mass is 10.0. The van der Waals surface area contributed by atoms with Gasteiger partial charge in [0.15, 0.2) is 0 Å². The van der Waals surface area contributed by atoms with Crippen LogP contribution >= 0.6 is 15.9 Å². The van der Waals surface area contributed by atoms with E-state index in [1.807, 2.05) is 24.3 Å². The van der Waals surface area contributed by atoms with E-state index in [2.05, 4.69) is 20.8 Å². The summed E-state index contributed by atoms with van der Waals surface area (Å²) in [5, 5.41) is 20.5. The number of aliphatic hydroxyl groups excluding tert-OH is 2. The van der Waals surface area contributed by atoms with Gasteiger partial charge < -0.3 is 19.8 Å². The predicted molar refractivity (Wildman–Crippen MR) is 78.9 cm³/mol. The molecular weight excluding hydrogens is 310 g/mol. The molecule has 0 aliphatic carbocycles. The fourth-order valence-corrected chi connectivity index (χ4v) is 2.66. The van der Waals surface area contributed by atoms with Crippen molar-refractivity contribution in [3.05, 3.63) is 29.8 Å². The summed E-state index contributed by atoms with van der Waals surface area (Å²) in [5.41, 5.74) is 1.89. The second-order valence-electron chi connectivity index (χ2n) is 4.68. The Hall–Kier alpha value is -0.620. The standard InChI is InChI=1S/C14H20BrNO3/c15-6-5-13(17)14(18)11-1-3-12(4-2-11)16-7-9-19-10-8-16/h1-4,13-14,17-18H,5-10H2. The summed E-state index contributed by atoms with van der Waals surface area (Å²) >= 11 is 3.26. The first-order valence-electron chi connectivity index (χ1n) is 6.57. The normalized spacial score (nSPS) is 19.2. The number of ether oxygens (including phenoxy) is 1. The fraction of sp³-hybridized carbons (Fsp3) is 0.571. The number of alkyl halides is 1. The highest BCUT2D eigenvalue weighted by Crippen LogP contribution is 2.23. The first-order chi connectivity index (χ1) is 9.22. The van der Waals surface area contributed by atoms with E-state index in [0.29, 0.717) is 11.8 Å². The van der Waals surface area contributed by atoms with E-state index in [1.54, 1.807) is 0 Å². The van der Waals surface area contributed by atoms with E-state index in [1.165, 1.54) is 0 Å². The molecule has 1 aromatic carbocycles. The van der Waals surface area contributed by atoms with Gasteiger partial charge in [0.1, 0.15) is 6.10 Å². The minimum Gasteiger partial charge on any atom is -0.390 e. The molecule has 1 aromatic rings. The Morgan fingerprint density at radius 1 is 1.16 bits per heavy atom. The van der Waals surface area contributed by atoms with Crippen LogP contribution in [0.15, 0.2) is 24.3 Å². The van der Waals surface area contributed by atoms with Crippen LogP contribution in [0.2, 0.25) is 0 Å². The molecule has 0 spiro atoms. The third-order valence-electron chi connectivity index (χ3n) is 3.38. The van der Waals surface area contributed by atoms with E-state index in [4.69, 9.17) is 4.74 Å². The van der Waals surface area contributed by atoms with E-state index in [0.717, 1.165) is 37.6 Å². The predicted octanol–water partition coefficient (Wildman–Crippen LogP) is 1.70. The monoisotopic (exact) mass is 329 g/mol. The van der Waals surface area contributed by atoms with Gasteiger partial charge in [0.05, 0.1) is 19.3 Å². The molecule has 0 aromatic heterocycles. The van der Waals surface area contributed by atoms with Crippen molar-refractivity contribution in [1.29, 1.82) is 0 Å². The summed E-state index contributed by atoms with van der Waals surface area (Å²) in [6.07, 6.45) is -1.02. The molecule has 19 heavy (non-hydrogen) atoms. The van der Waals surface area contributed by atoms with Gasteiger partial charge in [-0.1, -0.05) is 28.1 Å². The topological polar surface area (TPSA) is 52.9 Å². The van der Waals surface area contributed by atoms with Crippen LogP contribution in [0.25, 0.3) is 0 Å². The summed E-state index contributed by atoms with van der Waals surface area (Å²) in [6.45, 7) is 3.31. The lowest BCUT2D eigenvalue weighted by molar-refractivity contribution is 0.0173. The third kappa shape index (κ3) is 3.92. The minimum absolute atomic E-state index is 0.534. The Kier molecular flexibility index (Phi) is 5.63. The first-order valence-corrected chi connectivity index (χ1v) is 7.69. The summed E-state index contributed by atoms with van der Waals surface area (Å²) in [6, 6.07) is 7.75. The minimum atomic E-state index is -0.823. The van der Waals surface area contributed by atoms with Gasteiger partial charge in [-0.2, -0.15) is 0 Å². The average molecular weight is 330 g/mol. The van der Waals surface area contributed by atoms with Crippen molar-refractivity contribution in [1.82, 2.24) is 0 Å². The second kappa shape index (κ2) is 7.24. The van der Waals surface area contributed by atoms with Gasteiger partial charge in [-0.15, -0.1) is 0 Å². The Labute approximate surface area is 122 Å². The second-order valence-corrected chi connectivity index (χ2v) is 5.47. The SMILES string of the molecule is OC(CCBr)C(O)c1ccc(N2CCOCC2)cc1. The largest absolute Gasteiger partial charge is 0.390 e. The first kappa shape index (κ1) is 14.8. The van der Waals surface area contributed by atoms with Crippen molar-refractivity contribution < 1.29 is 14.9 Å². The van der Waals surface area contributed by atoms with Crippen molar-refractivity contribution in [2.24, 2.45) is 0 Å². The van der Waals surface area contributed by atoms with Gasteiger partial charge in [0, 0.05) is 24.1 Å². The number of hydrogen-bond donors (Lipinski definition) is 2. The number of morpholine rings is 1. The van der Waals surface area contributed by atoms with Gasteiger partial charge in [-0.25, -0.2) is 0 Å². The summed E-state index contributed by atoms with van der Waals surface area (Å²) in [5.74, 6) is 0. The molecule has 106 valence electrons. The molecule has 1 heterocycles. The van der Waals surface area contributed by atoms with E-state index in [-0.39, 0.29) is 0 Å². The van der Waals surface area contributed by atoms with Crippen LogP contribution in [0.1, 0.15) is 18.1 Å². The zero-order chi connectivity index (χ0) is 13.7. The molecule has 1 saturated heterocycles. The van der Waals surface area contributed by atoms with Crippen molar-refractivity contribution >= 4 is 21.6 Å². The summed E-state index contributed by atoms with van der Waals surface area (Å²) < 4.78 is 5.32. The maximum Gasteiger partial charge on any atom is 0.105 e. The van der Waals surface area contributed by atoms with Crippen LogP contribution in [0.5, 0.6) is 0 Å². The van der Waals surface area contributed by atoms with Crippen LogP contribution in [-0.2, 0) is 4.74 Å². The number of hydrogen-bond acceptors (Lipinski definition) is 4. The maximum atomic E-state index is 10.0. The van der Waals surface area contributed by atoms with Gasteiger partial charge in [-0.05, 0) is 24.1 Å². The van der Waals surface area contributed by atoms with Crippen LogP contribution in [0.4, 0.5) is 5.69 Å². The number of halogens is 1. The highest BCUT2D eigenvalue weighted by Gasteiger charge is 2.18. The average Bonchev–Trinajstić information content (AvgIpc) is 2.48. The number of nitrogens with zero attached hydrogens (tertiary/aromatic N) is 1. The number of rotatable bonds is 5. The molecule has 1 aliphatic rings. The van der Waals surface area contributed by atoms with Gasteiger partial charge in [0.2, 0.25) is 0 Å². The molecule has 2 N–H and O–H groups in total. The van der Waals surface area contributed by atoms with Crippen molar-refractivity contribution in [2.45, 2.75) is 18.6 Å². The zero-order valence-electron chi connectivity index (χ0n) is 10.8.